The van der Waals surface area contributed by atoms with Crippen molar-refractivity contribution in [2.75, 3.05) is 26.7 Å². The number of aromatic nitrogens is 2. The average molecular weight is 397 g/mol. The van der Waals surface area contributed by atoms with Gasteiger partial charge in [0, 0.05) is 25.6 Å². The van der Waals surface area contributed by atoms with Crippen LogP contribution in [0, 0.1) is 12.3 Å². The summed E-state index contributed by atoms with van der Waals surface area (Å²) in [7, 11) is 2.15. The third-order valence-electron chi connectivity index (χ3n) is 6.61. The molecule has 1 atom stereocenters. The summed E-state index contributed by atoms with van der Waals surface area (Å²) in [5.41, 5.74) is 2.56. The maximum Gasteiger partial charge on any atom is 0.229 e. The minimum Gasteiger partial charge on any atom is -0.342 e. The average Bonchev–Trinajstić information content (AvgIpc) is 3.27. The summed E-state index contributed by atoms with van der Waals surface area (Å²) in [6, 6.07) is 8.46. The number of nitrogens with zero attached hydrogens (tertiary/aromatic N) is 4. The van der Waals surface area contributed by atoms with Crippen molar-refractivity contribution >= 4 is 5.91 Å². The van der Waals surface area contributed by atoms with Crippen molar-refractivity contribution in [3.8, 4) is 0 Å². The van der Waals surface area contributed by atoms with E-state index in [2.05, 4.69) is 55.0 Å². The number of carbonyl (C=O) groups excluding carboxylic acids is 1. The topological polar surface area (TPSA) is 62.5 Å². The van der Waals surface area contributed by atoms with Gasteiger partial charge in [0.1, 0.15) is 0 Å². The number of benzene rings is 1. The van der Waals surface area contributed by atoms with E-state index in [4.69, 9.17) is 4.52 Å². The summed E-state index contributed by atoms with van der Waals surface area (Å²) in [6.07, 6.45) is 3.63. The molecule has 6 nitrogen and oxygen atoms in total. The zero-order chi connectivity index (χ0) is 20.6. The van der Waals surface area contributed by atoms with Crippen LogP contribution in [0.3, 0.4) is 0 Å². The lowest BCUT2D eigenvalue weighted by Gasteiger charge is -2.39. The molecule has 1 unspecified atom stereocenters. The molecule has 2 aliphatic heterocycles. The number of hydrogen-bond donors (Lipinski definition) is 0. The number of amides is 1. The molecule has 1 aromatic heterocycles. The molecule has 156 valence electrons. The molecular weight excluding hydrogens is 364 g/mol. The summed E-state index contributed by atoms with van der Waals surface area (Å²) in [4.78, 5) is 21.8. The Kier molecular flexibility index (Phi) is 5.47. The molecule has 2 fully saturated rings. The molecule has 29 heavy (non-hydrogen) atoms. The van der Waals surface area contributed by atoms with Crippen LogP contribution in [-0.2, 0) is 11.2 Å². The molecule has 0 saturated carbocycles. The predicted octanol–water partition coefficient (Wildman–Crippen LogP) is 3.73. The largest absolute Gasteiger partial charge is 0.342 e. The quantitative estimate of drug-likeness (QED) is 0.788. The first kappa shape index (κ1) is 20.1. The number of rotatable bonds is 4. The lowest BCUT2D eigenvalue weighted by atomic mass is 9.76. The van der Waals surface area contributed by atoms with Crippen LogP contribution in [-0.4, -0.2) is 52.5 Å². The van der Waals surface area contributed by atoms with E-state index in [0.29, 0.717) is 12.3 Å². The Hall–Kier alpha value is -2.21. The van der Waals surface area contributed by atoms with Crippen LogP contribution in [0.25, 0.3) is 0 Å². The van der Waals surface area contributed by atoms with Crippen molar-refractivity contribution < 1.29 is 9.32 Å². The summed E-state index contributed by atoms with van der Waals surface area (Å²) in [5.74, 6) is 2.02. The first-order valence-electron chi connectivity index (χ1n) is 10.7. The van der Waals surface area contributed by atoms with Gasteiger partial charge in [-0.2, -0.15) is 4.98 Å². The van der Waals surface area contributed by atoms with Gasteiger partial charge in [-0.3, -0.25) is 9.69 Å². The highest BCUT2D eigenvalue weighted by atomic mass is 16.5. The Bertz CT molecular complexity index is 867. The molecule has 4 rings (SSSR count). The van der Waals surface area contributed by atoms with Crippen LogP contribution in [0.1, 0.15) is 67.9 Å². The van der Waals surface area contributed by atoms with Crippen LogP contribution < -0.4 is 0 Å². The normalized spacial score (nSPS) is 22.0. The van der Waals surface area contributed by atoms with Gasteiger partial charge in [-0.1, -0.05) is 48.8 Å². The Labute approximate surface area is 173 Å². The molecule has 0 radical (unpaired) electrons. The van der Waals surface area contributed by atoms with Crippen molar-refractivity contribution in [1.82, 2.24) is 19.9 Å². The molecule has 2 aromatic rings. The van der Waals surface area contributed by atoms with Crippen molar-refractivity contribution in [2.45, 2.75) is 58.4 Å². The van der Waals surface area contributed by atoms with E-state index >= 15 is 0 Å². The van der Waals surface area contributed by atoms with E-state index in [1.54, 1.807) is 0 Å². The highest BCUT2D eigenvalue weighted by Gasteiger charge is 2.46. The fourth-order valence-corrected chi connectivity index (χ4v) is 4.88. The number of aryl methyl sites for hydroxylation is 1. The summed E-state index contributed by atoms with van der Waals surface area (Å²) >= 11 is 0. The fraction of sp³-hybridized carbons (Fsp3) is 0.609. The number of hydrogen-bond acceptors (Lipinski definition) is 5. The van der Waals surface area contributed by atoms with Gasteiger partial charge in [-0.05, 0) is 44.2 Å². The molecule has 6 heteroatoms. The van der Waals surface area contributed by atoms with E-state index in [0.717, 1.165) is 50.3 Å². The Balaban J connectivity index is 1.36. The molecule has 1 aromatic carbocycles. The van der Waals surface area contributed by atoms with Gasteiger partial charge < -0.3 is 9.42 Å². The minimum absolute atomic E-state index is 0.209. The third-order valence-corrected chi connectivity index (χ3v) is 6.61. The van der Waals surface area contributed by atoms with Crippen molar-refractivity contribution in [3.63, 3.8) is 0 Å². The smallest absolute Gasteiger partial charge is 0.229 e. The first-order valence-corrected chi connectivity index (χ1v) is 10.7. The molecular formula is C23H32N4O2. The molecule has 2 saturated heterocycles. The maximum absolute atomic E-state index is 12.8. The van der Waals surface area contributed by atoms with E-state index in [1.807, 2.05) is 17.0 Å². The molecule has 2 aliphatic rings. The van der Waals surface area contributed by atoms with Crippen LogP contribution in [0.5, 0.6) is 0 Å². The monoisotopic (exact) mass is 396 g/mol. The number of piperidine rings is 1. The van der Waals surface area contributed by atoms with Gasteiger partial charge in [0.15, 0.2) is 5.82 Å². The second kappa shape index (κ2) is 7.90. The summed E-state index contributed by atoms with van der Waals surface area (Å²) in [6.45, 7) is 8.92. The Morgan fingerprint density at radius 1 is 1.31 bits per heavy atom. The lowest BCUT2D eigenvalue weighted by molar-refractivity contribution is -0.132. The molecule has 3 heterocycles. The van der Waals surface area contributed by atoms with Crippen LogP contribution in [0.2, 0.25) is 0 Å². The van der Waals surface area contributed by atoms with E-state index in [-0.39, 0.29) is 23.3 Å². The Morgan fingerprint density at radius 3 is 2.72 bits per heavy atom. The summed E-state index contributed by atoms with van der Waals surface area (Å²) in [5, 5.41) is 4.25. The van der Waals surface area contributed by atoms with Gasteiger partial charge in [0.05, 0.1) is 12.5 Å². The SMILES string of the molecule is Cc1cccc(CC(=O)N2CCC3(CC2)CC(c2noc(C(C)C)n2)N(C)C3)c1. The van der Waals surface area contributed by atoms with Crippen molar-refractivity contribution in [1.29, 1.82) is 0 Å². The van der Waals surface area contributed by atoms with Gasteiger partial charge in [-0.15, -0.1) is 0 Å². The molecule has 0 bridgehead atoms. The van der Waals surface area contributed by atoms with E-state index in [9.17, 15) is 4.79 Å². The standard InChI is InChI=1S/C23H32N4O2/c1-16(2)22-24-21(25-29-22)19-14-23(15-26(19)4)8-10-27(11-9-23)20(28)13-18-7-5-6-17(3)12-18/h5-7,12,16,19H,8-11,13-15H2,1-4H3. The molecule has 1 spiro atoms. The second-order valence-corrected chi connectivity index (χ2v) is 9.33. The third kappa shape index (κ3) is 4.22. The Morgan fingerprint density at radius 2 is 2.07 bits per heavy atom. The highest BCUT2D eigenvalue weighted by Crippen LogP contribution is 2.47. The van der Waals surface area contributed by atoms with Crippen LogP contribution >= 0.6 is 0 Å². The van der Waals surface area contributed by atoms with Gasteiger partial charge in [-0.25, -0.2) is 0 Å². The van der Waals surface area contributed by atoms with Gasteiger partial charge in [0.25, 0.3) is 0 Å². The highest BCUT2D eigenvalue weighted by molar-refractivity contribution is 5.79. The van der Waals surface area contributed by atoms with Crippen molar-refractivity contribution in [3.05, 3.63) is 47.1 Å². The first-order chi connectivity index (χ1) is 13.8. The zero-order valence-electron chi connectivity index (χ0n) is 18.0. The fourth-order valence-electron chi connectivity index (χ4n) is 4.88. The zero-order valence-corrected chi connectivity index (χ0v) is 18.0. The predicted molar refractivity (Wildman–Crippen MR) is 112 cm³/mol. The lowest BCUT2D eigenvalue weighted by Crippen LogP contribution is -2.44. The van der Waals surface area contributed by atoms with Crippen LogP contribution in [0.4, 0.5) is 0 Å². The van der Waals surface area contributed by atoms with Crippen molar-refractivity contribution in [2.24, 2.45) is 5.41 Å². The van der Waals surface area contributed by atoms with Gasteiger partial charge >= 0.3 is 0 Å². The van der Waals surface area contributed by atoms with Crippen LogP contribution in [0.15, 0.2) is 28.8 Å². The van der Waals surface area contributed by atoms with Gasteiger partial charge in [0.2, 0.25) is 11.8 Å². The number of likely N-dealkylation sites (tertiary alicyclic amines) is 2. The maximum atomic E-state index is 12.8. The second-order valence-electron chi connectivity index (χ2n) is 9.33. The van der Waals surface area contributed by atoms with E-state index in [1.165, 1.54) is 5.56 Å². The molecule has 0 N–H and O–H groups in total. The molecule has 0 aliphatic carbocycles. The molecule has 1 amide bonds. The van der Waals surface area contributed by atoms with E-state index < -0.39 is 0 Å². The minimum atomic E-state index is 0.209. The number of carbonyl (C=O) groups is 1. The summed E-state index contributed by atoms with van der Waals surface area (Å²) < 4.78 is 5.44.